The van der Waals surface area contributed by atoms with Gasteiger partial charge in [0.15, 0.2) is 0 Å². The van der Waals surface area contributed by atoms with Gasteiger partial charge in [-0.3, -0.25) is 4.79 Å². The van der Waals surface area contributed by atoms with Crippen molar-refractivity contribution in [2.24, 2.45) is 0 Å². The molecule has 0 unspecified atom stereocenters. The van der Waals surface area contributed by atoms with E-state index in [1.165, 1.54) is 6.92 Å². The summed E-state index contributed by atoms with van der Waals surface area (Å²) in [7, 11) is 0. The van der Waals surface area contributed by atoms with Gasteiger partial charge in [-0.15, -0.1) is 12.4 Å². The molecule has 0 saturated heterocycles. The Morgan fingerprint density at radius 2 is 2.40 bits per heavy atom. The Balaban J connectivity index is 0.000000810. The molecule has 4 heteroatoms. The summed E-state index contributed by atoms with van der Waals surface area (Å²) in [6.45, 7) is 1.47. The molecular formula is C6H9ClN2O. The zero-order valence-corrected chi connectivity index (χ0v) is 6.37. The molecule has 1 aromatic heterocycles. The zero-order chi connectivity index (χ0) is 6.69. The molecule has 0 aliphatic carbocycles. The van der Waals surface area contributed by atoms with Gasteiger partial charge in [0.2, 0.25) is 5.91 Å². The van der Waals surface area contributed by atoms with Crippen LogP contribution in [0.3, 0.4) is 0 Å². The van der Waals surface area contributed by atoms with Crippen LogP contribution in [0.25, 0.3) is 0 Å². The molecular weight excluding hydrogens is 152 g/mol. The number of hydrogen-bond acceptors (Lipinski definition) is 1. The van der Waals surface area contributed by atoms with Crippen LogP contribution in [0.15, 0.2) is 18.3 Å². The lowest BCUT2D eigenvalue weighted by Crippen LogP contribution is -2.05. The lowest BCUT2D eigenvalue weighted by molar-refractivity contribution is -0.114. The largest absolute Gasteiger partial charge is 0.348 e. The van der Waals surface area contributed by atoms with E-state index >= 15 is 0 Å². The maximum absolute atomic E-state index is 10.4. The van der Waals surface area contributed by atoms with Crippen molar-refractivity contribution in [3.8, 4) is 0 Å². The lowest BCUT2D eigenvalue weighted by Gasteiger charge is -1.93. The number of aromatic amines is 1. The molecule has 0 spiro atoms. The number of halogens is 1. The van der Waals surface area contributed by atoms with Crippen LogP contribution in [-0.4, -0.2) is 10.9 Å². The first-order valence-corrected chi connectivity index (χ1v) is 2.70. The normalized spacial score (nSPS) is 8.10. The second-order valence-corrected chi connectivity index (χ2v) is 1.76. The van der Waals surface area contributed by atoms with Crippen LogP contribution in [0.1, 0.15) is 6.92 Å². The van der Waals surface area contributed by atoms with Crippen LogP contribution in [0, 0.1) is 0 Å². The number of hydrogen-bond donors (Lipinski definition) is 2. The molecule has 56 valence electrons. The number of carbonyl (C=O) groups is 1. The van der Waals surface area contributed by atoms with Crippen LogP contribution < -0.4 is 5.32 Å². The summed E-state index contributed by atoms with van der Waals surface area (Å²) in [5, 5.41) is 2.59. The maximum Gasteiger partial charge on any atom is 0.222 e. The Morgan fingerprint density at radius 1 is 1.70 bits per heavy atom. The molecule has 1 rings (SSSR count). The highest BCUT2D eigenvalue weighted by atomic mass is 35.5. The topological polar surface area (TPSA) is 44.9 Å². The van der Waals surface area contributed by atoms with E-state index in [2.05, 4.69) is 10.3 Å². The Kier molecular flexibility index (Phi) is 3.57. The van der Waals surface area contributed by atoms with E-state index in [0.717, 1.165) is 5.82 Å². The fourth-order valence-electron chi connectivity index (χ4n) is 0.598. The molecule has 0 saturated carbocycles. The molecule has 2 N–H and O–H groups in total. The summed E-state index contributed by atoms with van der Waals surface area (Å²) in [5.74, 6) is 0.681. The van der Waals surface area contributed by atoms with Gasteiger partial charge < -0.3 is 10.3 Å². The van der Waals surface area contributed by atoms with Gasteiger partial charge in [-0.2, -0.15) is 0 Å². The van der Waals surface area contributed by atoms with Crippen molar-refractivity contribution in [1.82, 2.24) is 4.98 Å². The van der Waals surface area contributed by atoms with Crippen LogP contribution in [0.5, 0.6) is 0 Å². The van der Waals surface area contributed by atoms with E-state index in [1.54, 1.807) is 12.3 Å². The minimum absolute atomic E-state index is 0. The quantitative estimate of drug-likeness (QED) is 0.641. The summed E-state index contributed by atoms with van der Waals surface area (Å²) >= 11 is 0. The second kappa shape index (κ2) is 3.95. The number of amides is 1. The van der Waals surface area contributed by atoms with Gasteiger partial charge in [0.05, 0.1) is 0 Å². The van der Waals surface area contributed by atoms with Crippen molar-refractivity contribution in [2.75, 3.05) is 5.32 Å². The first-order valence-electron chi connectivity index (χ1n) is 2.70. The Labute approximate surface area is 65.2 Å². The van der Waals surface area contributed by atoms with Gasteiger partial charge in [0.1, 0.15) is 5.82 Å². The minimum Gasteiger partial charge on any atom is -0.348 e. The standard InChI is InChI=1S/C6H8N2O.ClH/c1-5(9)8-6-3-2-4-7-6;/h2-4,7H,1H3,(H,8,9);1H. The number of nitrogens with one attached hydrogen (secondary N) is 2. The fourth-order valence-corrected chi connectivity index (χ4v) is 0.598. The predicted octanol–water partition coefficient (Wildman–Crippen LogP) is 1.39. The number of H-pyrrole nitrogens is 1. The van der Waals surface area contributed by atoms with Crippen molar-refractivity contribution in [1.29, 1.82) is 0 Å². The summed E-state index contributed by atoms with van der Waals surface area (Å²) in [6, 6.07) is 3.62. The van der Waals surface area contributed by atoms with E-state index in [9.17, 15) is 4.79 Å². The van der Waals surface area contributed by atoms with Gasteiger partial charge in [0, 0.05) is 13.1 Å². The third-order valence-electron chi connectivity index (χ3n) is 0.909. The Hall–Kier alpha value is -0.960. The van der Waals surface area contributed by atoms with Crippen molar-refractivity contribution in [3.05, 3.63) is 18.3 Å². The summed E-state index contributed by atoms with van der Waals surface area (Å²) in [6.07, 6.45) is 1.76. The van der Waals surface area contributed by atoms with E-state index < -0.39 is 0 Å². The van der Waals surface area contributed by atoms with Crippen LogP contribution in [0.2, 0.25) is 0 Å². The van der Waals surface area contributed by atoms with Gasteiger partial charge in [-0.25, -0.2) is 0 Å². The monoisotopic (exact) mass is 160 g/mol. The van der Waals surface area contributed by atoms with Crippen molar-refractivity contribution in [2.45, 2.75) is 6.92 Å². The highest BCUT2D eigenvalue weighted by Gasteiger charge is 1.91. The van der Waals surface area contributed by atoms with Crippen LogP contribution in [-0.2, 0) is 4.79 Å². The Morgan fingerprint density at radius 3 is 2.80 bits per heavy atom. The van der Waals surface area contributed by atoms with Gasteiger partial charge in [-0.05, 0) is 12.1 Å². The first kappa shape index (κ1) is 9.04. The highest BCUT2D eigenvalue weighted by Crippen LogP contribution is 1.99. The SMILES string of the molecule is CC(=O)Nc1ccc[nH]1.Cl. The van der Waals surface area contributed by atoms with Crippen molar-refractivity contribution in [3.63, 3.8) is 0 Å². The molecule has 0 aromatic carbocycles. The molecule has 1 heterocycles. The molecule has 0 aliphatic heterocycles. The zero-order valence-electron chi connectivity index (χ0n) is 5.55. The molecule has 0 bridgehead atoms. The third kappa shape index (κ3) is 2.55. The average molecular weight is 161 g/mol. The van der Waals surface area contributed by atoms with Crippen molar-refractivity contribution >= 4 is 24.1 Å². The highest BCUT2D eigenvalue weighted by molar-refractivity contribution is 5.87. The second-order valence-electron chi connectivity index (χ2n) is 1.76. The van der Waals surface area contributed by atoms with Crippen LogP contribution in [0.4, 0.5) is 5.82 Å². The molecule has 0 aliphatic rings. The smallest absolute Gasteiger partial charge is 0.222 e. The Bertz CT molecular complexity index is 196. The molecule has 0 radical (unpaired) electrons. The lowest BCUT2D eigenvalue weighted by atomic mass is 10.6. The van der Waals surface area contributed by atoms with E-state index in [1.807, 2.05) is 6.07 Å². The van der Waals surface area contributed by atoms with Gasteiger partial charge >= 0.3 is 0 Å². The van der Waals surface area contributed by atoms with Crippen molar-refractivity contribution < 1.29 is 4.79 Å². The predicted molar refractivity (Wildman–Crippen MR) is 42.3 cm³/mol. The van der Waals surface area contributed by atoms with Crippen LogP contribution >= 0.6 is 12.4 Å². The van der Waals surface area contributed by atoms with E-state index in [-0.39, 0.29) is 18.3 Å². The first-order chi connectivity index (χ1) is 4.29. The summed E-state index contributed by atoms with van der Waals surface area (Å²) in [4.78, 5) is 13.2. The number of anilines is 1. The molecule has 0 atom stereocenters. The molecule has 0 fully saturated rings. The molecule has 1 aromatic rings. The molecule has 10 heavy (non-hydrogen) atoms. The third-order valence-corrected chi connectivity index (χ3v) is 0.909. The van der Waals surface area contributed by atoms with Gasteiger partial charge in [-0.1, -0.05) is 0 Å². The van der Waals surface area contributed by atoms with Gasteiger partial charge in [0.25, 0.3) is 0 Å². The maximum atomic E-state index is 10.4. The van der Waals surface area contributed by atoms with E-state index in [4.69, 9.17) is 0 Å². The molecule has 1 amide bonds. The molecule has 3 nitrogen and oxygen atoms in total. The summed E-state index contributed by atoms with van der Waals surface area (Å²) < 4.78 is 0. The fraction of sp³-hybridized carbons (Fsp3) is 0.167. The summed E-state index contributed by atoms with van der Waals surface area (Å²) in [5.41, 5.74) is 0. The number of aromatic nitrogens is 1. The average Bonchev–Trinajstić information content (AvgIpc) is 2.15. The number of rotatable bonds is 1. The van der Waals surface area contributed by atoms with E-state index in [0.29, 0.717) is 0 Å². The minimum atomic E-state index is -0.0579. The number of carbonyl (C=O) groups excluding carboxylic acids is 1.